The quantitative estimate of drug-likeness (QED) is 0.551. The first kappa shape index (κ1) is 18.2. The molecule has 3 aromatic heterocycles. The van der Waals surface area contributed by atoms with Gasteiger partial charge in [-0.15, -0.1) is 5.10 Å². The van der Waals surface area contributed by atoms with Crippen LogP contribution in [0.1, 0.15) is 14.0 Å². The summed E-state index contributed by atoms with van der Waals surface area (Å²) in [6.45, 7) is 1.55. The summed E-state index contributed by atoms with van der Waals surface area (Å²) in [6.07, 6.45) is 5.97. The summed E-state index contributed by atoms with van der Waals surface area (Å²) in [5.41, 5.74) is 10.7. The Kier molecular flexibility index (Phi) is 4.35. The van der Waals surface area contributed by atoms with E-state index in [1.165, 1.54) is 11.1 Å². The molecule has 9 nitrogen and oxygen atoms in total. The van der Waals surface area contributed by atoms with Crippen molar-refractivity contribution in [3.8, 4) is 22.8 Å². The maximum absolute atomic E-state index is 6.16. The maximum atomic E-state index is 6.16. The van der Waals surface area contributed by atoms with Crippen molar-refractivity contribution in [2.24, 2.45) is 0 Å². The van der Waals surface area contributed by atoms with E-state index < -0.39 is 0 Å². The van der Waals surface area contributed by atoms with Crippen molar-refractivity contribution in [1.29, 1.82) is 0 Å². The highest BCUT2D eigenvalue weighted by molar-refractivity contribution is 5.84. The lowest BCUT2D eigenvalue weighted by Crippen LogP contribution is -2.31. The minimum absolute atomic E-state index is 0. The number of methoxy groups -OCH3 is 2. The monoisotopic (exact) mass is 407 g/mol. The molecule has 1 aliphatic heterocycles. The van der Waals surface area contributed by atoms with E-state index in [1.807, 2.05) is 24.4 Å². The van der Waals surface area contributed by atoms with Crippen LogP contribution in [0.5, 0.6) is 11.5 Å². The zero-order chi connectivity index (χ0) is 20.7. The first-order chi connectivity index (χ1) is 14.7. The van der Waals surface area contributed by atoms with Crippen LogP contribution >= 0.6 is 0 Å². The van der Waals surface area contributed by atoms with Crippen molar-refractivity contribution in [3.63, 3.8) is 0 Å². The van der Waals surface area contributed by atoms with Gasteiger partial charge in [0.2, 0.25) is 0 Å². The predicted octanol–water partition coefficient (Wildman–Crippen LogP) is 2.84. The zero-order valence-electron chi connectivity index (χ0n) is 16.7. The van der Waals surface area contributed by atoms with Crippen molar-refractivity contribution >= 4 is 17.3 Å². The summed E-state index contributed by atoms with van der Waals surface area (Å²) in [7, 11) is 3.30. The van der Waals surface area contributed by atoms with Crippen LogP contribution in [-0.4, -0.2) is 45.3 Å². The van der Waals surface area contributed by atoms with Crippen molar-refractivity contribution < 1.29 is 12.3 Å². The summed E-state index contributed by atoms with van der Waals surface area (Å²) in [4.78, 5) is 15.6. The zero-order valence-corrected chi connectivity index (χ0v) is 16.7. The van der Waals surface area contributed by atoms with Crippen LogP contribution in [0.25, 0.3) is 16.9 Å². The lowest BCUT2D eigenvalue weighted by Gasteiger charge is -2.30. The number of nitrogens with two attached hydrogens (primary N) is 1. The highest BCUT2D eigenvalue weighted by Crippen LogP contribution is 2.35. The summed E-state index contributed by atoms with van der Waals surface area (Å²) < 4.78 is 12.6. The fraction of sp³-hybridized carbons (Fsp3) is 0.238. The number of nitrogens with zero attached hydrogens (tertiary/aromatic N) is 6. The molecule has 0 spiro atoms. The summed E-state index contributed by atoms with van der Waals surface area (Å²) in [6, 6.07) is 7.84. The molecule has 0 amide bonds. The van der Waals surface area contributed by atoms with Crippen LogP contribution in [0, 0.1) is 0 Å². The fourth-order valence-electron chi connectivity index (χ4n) is 3.89. The van der Waals surface area contributed by atoms with Crippen LogP contribution in [0.15, 0.2) is 43.0 Å². The van der Waals surface area contributed by atoms with E-state index in [-0.39, 0.29) is 2.85 Å². The van der Waals surface area contributed by atoms with Crippen molar-refractivity contribution in [2.75, 3.05) is 31.4 Å². The van der Waals surface area contributed by atoms with Gasteiger partial charge in [0, 0.05) is 34.4 Å². The van der Waals surface area contributed by atoms with Gasteiger partial charge in [0.25, 0.3) is 0 Å². The molecule has 0 radical (unpaired) electrons. The molecule has 30 heavy (non-hydrogen) atoms. The topological polar surface area (TPSA) is 104 Å². The van der Waals surface area contributed by atoms with Gasteiger partial charge in [-0.25, -0.2) is 19.5 Å². The number of hydrogen-bond donors (Lipinski definition) is 1. The number of anilines is 2. The molecule has 2 N–H and O–H groups in total. The Labute approximate surface area is 176 Å². The Hall–Kier alpha value is -3.88. The number of fused-ring (bicyclic) bond motifs is 2. The summed E-state index contributed by atoms with van der Waals surface area (Å²) in [5, 5.41) is 4.33. The van der Waals surface area contributed by atoms with Gasteiger partial charge in [0.05, 0.1) is 25.5 Å². The molecule has 1 aromatic carbocycles. The highest BCUT2D eigenvalue weighted by Gasteiger charge is 2.22. The van der Waals surface area contributed by atoms with Gasteiger partial charge in [-0.05, 0) is 35.7 Å². The van der Waals surface area contributed by atoms with Crippen LogP contribution in [0.3, 0.4) is 0 Å². The maximum Gasteiger partial charge on any atom is 0.166 e. The second kappa shape index (κ2) is 7.18. The number of aromatic nitrogens is 5. The Morgan fingerprint density at radius 2 is 1.83 bits per heavy atom. The molecule has 9 heteroatoms. The van der Waals surface area contributed by atoms with Crippen LogP contribution in [-0.2, 0) is 13.0 Å². The second-order valence-electron chi connectivity index (χ2n) is 7.06. The molecule has 4 aromatic rings. The highest BCUT2D eigenvalue weighted by atomic mass is 16.5. The standard InChI is InChI=1S/C21H21N7O2.2H2/c1-29-16-8-13-4-7-27(11-14(13)9-17(16)30-2)18-10-15(24-12-25-18)19-20(22)26-28-6-3-5-23-21(19)28;;/h3,5-6,8-10,12H,4,7,11H2,1-2H3,(H2,22,26);2*1H. The normalized spacial score (nSPS) is 13.3. The van der Waals surface area contributed by atoms with E-state index in [1.54, 1.807) is 31.3 Å². The van der Waals surface area contributed by atoms with Crippen molar-refractivity contribution in [2.45, 2.75) is 13.0 Å². The second-order valence-corrected chi connectivity index (χ2v) is 7.06. The molecular weight excluding hydrogens is 382 g/mol. The van der Waals surface area contributed by atoms with Crippen molar-refractivity contribution in [3.05, 3.63) is 54.1 Å². The Morgan fingerprint density at radius 1 is 1.03 bits per heavy atom. The smallest absolute Gasteiger partial charge is 0.166 e. The lowest BCUT2D eigenvalue weighted by atomic mass is 9.98. The third-order valence-electron chi connectivity index (χ3n) is 5.37. The van der Waals surface area contributed by atoms with Gasteiger partial charge < -0.3 is 20.1 Å². The number of nitrogen functional groups attached to an aromatic ring is 1. The van der Waals surface area contributed by atoms with Crippen LogP contribution in [0.4, 0.5) is 11.6 Å². The Bertz CT molecular complexity index is 1250. The van der Waals surface area contributed by atoms with Crippen LogP contribution in [0.2, 0.25) is 0 Å². The average molecular weight is 407 g/mol. The van der Waals surface area contributed by atoms with Crippen LogP contribution < -0.4 is 20.1 Å². The van der Waals surface area contributed by atoms with E-state index in [9.17, 15) is 0 Å². The number of rotatable bonds is 4. The van der Waals surface area contributed by atoms with E-state index in [2.05, 4.69) is 31.0 Å². The molecule has 0 fully saturated rings. The van der Waals surface area contributed by atoms with Gasteiger partial charge in [-0.1, -0.05) is 0 Å². The molecule has 1 aliphatic rings. The largest absolute Gasteiger partial charge is 0.493 e. The van der Waals surface area contributed by atoms with E-state index in [0.717, 1.165) is 30.3 Å². The Morgan fingerprint density at radius 3 is 2.63 bits per heavy atom. The summed E-state index contributed by atoms with van der Waals surface area (Å²) in [5.74, 6) is 2.70. The first-order valence-electron chi connectivity index (χ1n) is 9.58. The third-order valence-corrected chi connectivity index (χ3v) is 5.37. The van der Waals surface area contributed by atoms with Gasteiger partial charge in [0.15, 0.2) is 23.0 Å². The van der Waals surface area contributed by atoms with E-state index in [4.69, 9.17) is 15.2 Å². The van der Waals surface area contributed by atoms with E-state index >= 15 is 0 Å². The molecule has 0 saturated heterocycles. The first-order valence-corrected chi connectivity index (χ1v) is 9.58. The summed E-state index contributed by atoms with van der Waals surface area (Å²) >= 11 is 0. The van der Waals surface area contributed by atoms with E-state index in [0.29, 0.717) is 29.3 Å². The number of hydrogen-bond acceptors (Lipinski definition) is 8. The molecule has 0 bridgehead atoms. The van der Waals surface area contributed by atoms with Gasteiger partial charge in [-0.2, -0.15) is 0 Å². The molecule has 0 saturated carbocycles. The molecule has 4 heterocycles. The third kappa shape index (κ3) is 2.95. The van der Waals surface area contributed by atoms with Crippen molar-refractivity contribution in [1.82, 2.24) is 24.6 Å². The molecule has 0 aliphatic carbocycles. The minimum atomic E-state index is 0. The van der Waals surface area contributed by atoms with Gasteiger partial charge in [0.1, 0.15) is 12.1 Å². The van der Waals surface area contributed by atoms with Gasteiger partial charge >= 0.3 is 0 Å². The number of benzene rings is 1. The molecule has 156 valence electrons. The predicted molar refractivity (Wildman–Crippen MR) is 117 cm³/mol. The fourth-order valence-corrected chi connectivity index (χ4v) is 3.89. The average Bonchev–Trinajstić information content (AvgIpc) is 3.13. The Balaban J connectivity index is 0.00000144. The molecule has 0 unspecified atom stereocenters. The van der Waals surface area contributed by atoms with Gasteiger partial charge in [-0.3, -0.25) is 0 Å². The number of ether oxygens (including phenoxy) is 2. The molecular formula is C21H25N7O2. The SMILES string of the molecule is COc1cc2c(cc1OC)CN(c1cc(-c3c(N)nn4cccnc34)ncn1)CC2.[HH].[HH]. The molecule has 0 atom stereocenters. The lowest BCUT2D eigenvalue weighted by molar-refractivity contribution is 0.353. The molecule has 5 rings (SSSR count). The minimum Gasteiger partial charge on any atom is -0.493 e.